The van der Waals surface area contributed by atoms with Gasteiger partial charge in [-0.2, -0.15) is 0 Å². The van der Waals surface area contributed by atoms with Crippen molar-refractivity contribution in [3.8, 4) is 0 Å². The molecule has 0 radical (unpaired) electrons. The van der Waals surface area contributed by atoms with E-state index in [0.29, 0.717) is 15.0 Å². The summed E-state index contributed by atoms with van der Waals surface area (Å²) in [6, 6.07) is 19.7. The molecule has 114 valence electrons. The molecule has 22 heavy (non-hydrogen) atoms. The minimum atomic E-state index is 0.637. The van der Waals surface area contributed by atoms with Crippen LogP contribution in [0.4, 0.5) is 0 Å². The van der Waals surface area contributed by atoms with E-state index in [1.54, 1.807) is 0 Å². The summed E-state index contributed by atoms with van der Waals surface area (Å²) in [7, 11) is 0. The van der Waals surface area contributed by atoms with Crippen LogP contribution in [0, 0.1) is 0 Å². The van der Waals surface area contributed by atoms with Crippen molar-refractivity contribution < 1.29 is 0 Å². The van der Waals surface area contributed by atoms with Crippen molar-refractivity contribution in [2.45, 2.75) is 37.4 Å². The van der Waals surface area contributed by atoms with Crippen LogP contribution < -0.4 is 4.46 Å². The third kappa shape index (κ3) is 4.56. The number of hydrogen-bond acceptors (Lipinski definition) is 1. The molecule has 2 heteroatoms. The Kier molecular flexibility index (Phi) is 5.86. The van der Waals surface area contributed by atoms with Crippen molar-refractivity contribution in [2.75, 3.05) is 6.54 Å². The van der Waals surface area contributed by atoms with E-state index < -0.39 is 0 Å². The predicted octanol–water partition coefficient (Wildman–Crippen LogP) is 3.84. The van der Waals surface area contributed by atoms with E-state index in [1.807, 2.05) is 0 Å². The normalized spacial score (nSPS) is 15.7. The molecule has 0 saturated carbocycles. The van der Waals surface area contributed by atoms with E-state index in [4.69, 9.17) is 4.99 Å². The second kappa shape index (κ2) is 8.31. The van der Waals surface area contributed by atoms with Crippen LogP contribution in [0.5, 0.6) is 0 Å². The van der Waals surface area contributed by atoms with Crippen LogP contribution in [0.1, 0.15) is 30.4 Å². The van der Waals surface area contributed by atoms with Gasteiger partial charge >= 0.3 is 140 Å². The first-order valence-electron chi connectivity index (χ1n) is 8.18. The summed E-state index contributed by atoms with van der Waals surface area (Å²) in [6.45, 7) is 1.02. The molecule has 3 rings (SSSR count). The molecule has 1 nitrogen and oxygen atoms in total. The number of benzene rings is 2. The van der Waals surface area contributed by atoms with Crippen LogP contribution in [0.2, 0.25) is 5.32 Å². The van der Waals surface area contributed by atoms with Crippen molar-refractivity contribution >= 4 is 25.1 Å². The van der Waals surface area contributed by atoms with Crippen LogP contribution >= 0.6 is 0 Å². The first-order valence-corrected chi connectivity index (χ1v) is 10.3. The number of aliphatic imine (C=N–C) groups is 1. The number of unbranched alkanes of at least 4 members (excludes halogenated alkanes) is 1. The van der Waals surface area contributed by atoms with Gasteiger partial charge in [0.05, 0.1) is 0 Å². The number of hydrogen-bond donors (Lipinski definition) is 0. The van der Waals surface area contributed by atoms with Crippen LogP contribution in [0.15, 0.2) is 59.6 Å². The van der Waals surface area contributed by atoms with Gasteiger partial charge in [-0.1, -0.05) is 0 Å². The van der Waals surface area contributed by atoms with Crippen molar-refractivity contribution in [3.05, 3.63) is 65.7 Å². The molecule has 0 saturated heterocycles. The molecule has 0 aromatic heterocycles. The first kappa shape index (κ1) is 15.5. The molecule has 2 aromatic carbocycles. The predicted molar refractivity (Wildman–Crippen MR) is 96.6 cm³/mol. The van der Waals surface area contributed by atoms with E-state index in [-0.39, 0.29) is 0 Å². The Balaban J connectivity index is 1.37. The van der Waals surface area contributed by atoms with Gasteiger partial charge in [0.2, 0.25) is 0 Å². The van der Waals surface area contributed by atoms with E-state index in [2.05, 4.69) is 54.6 Å². The summed E-state index contributed by atoms with van der Waals surface area (Å²) in [5, 5.41) is 1.34. The standard InChI is InChI=1S/C20H23NSe/c1-2-10-20(11-3-1)22-15-7-6-14-21-19-13-12-17-8-4-5-9-18(17)16-19/h1-5,8-11H,6-7,12-16H2. The molecule has 0 unspecified atom stereocenters. The molecule has 1 aliphatic rings. The third-order valence-electron chi connectivity index (χ3n) is 4.10. The molecule has 0 amide bonds. The first-order chi connectivity index (χ1) is 10.9. The van der Waals surface area contributed by atoms with Crippen LogP contribution in [-0.2, 0) is 12.8 Å². The molecule has 0 N–H and O–H groups in total. The number of fused-ring (bicyclic) bond motifs is 1. The molecule has 0 atom stereocenters. The molecular formula is C20H23NSe. The molecule has 0 heterocycles. The zero-order chi connectivity index (χ0) is 15.0. The summed E-state index contributed by atoms with van der Waals surface area (Å²) >= 11 is 0.637. The average molecular weight is 356 g/mol. The van der Waals surface area contributed by atoms with Crippen molar-refractivity contribution in [1.82, 2.24) is 0 Å². The Hall–Kier alpha value is -1.37. The molecule has 2 aromatic rings. The van der Waals surface area contributed by atoms with Crippen LogP contribution in [-0.4, -0.2) is 27.2 Å². The summed E-state index contributed by atoms with van der Waals surface area (Å²) in [6.07, 6.45) is 5.95. The molecule has 0 fully saturated rings. The molecular weight excluding hydrogens is 333 g/mol. The Morgan fingerprint density at radius 1 is 0.818 bits per heavy atom. The Bertz CT molecular complexity index is 619. The fourth-order valence-corrected chi connectivity index (χ4v) is 4.81. The Labute approximate surface area is 140 Å². The maximum absolute atomic E-state index is 4.85. The fraction of sp³-hybridized carbons (Fsp3) is 0.350. The Morgan fingerprint density at radius 2 is 1.59 bits per heavy atom. The fourth-order valence-electron chi connectivity index (χ4n) is 2.85. The number of rotatable bonds is 6. The third-order valence-corrected chi connectivity index (χ3v) is 6.40. The van der Waals surface area contributed by atoms with Gasteiger partial charge in [0, 0.05) is 0 Å². The molecule has 0 bridgehead atoms. The minimum absolute atomic E-state index is 0.637. The SMILES string of the molecule is c1ccc([Se]CCCCN=C2CCc3ccccc3C2)cc1. The zero-order valence-corrected chi connectivity index (χ0v) is 14.7. The summed E-state index contributed by atoms with van der Waals surface area (Å²) in [4.78, 5) is 4.85. The van der Waals surface area contributed by atoms with Gasteiger partial charge in [-0.25, -0.2) is 0 Å². The van der Waals surface area contributed by atoms with Gasteiger partial charge in [0.15, 0.2) is 0 Å². The van der Waals surface area contributed by atoms with Crippen molar-refractivity contribution in [3.63, 3.8) is 0 Å². The quantitative estimate of drug-likeness (QED) is 0.551. The van der Waals surface area contributed by atoms with E-state index in [9.17, 15) is 0 Å². The maximum atomic E-state index is 4.85. The van der Waals surface area contributed by atoms with E-state index in [0.717, 1.165) is 19.4 Å². The number of aryl methyl sites for hydroxylation is 1. The molecule has 0 spiro atoms. The van der Waals surface area contributed by atoms with Gasteiger partial charge in [0.1, 0.15) is 0 Å². The van der Waals surface area contributed by atoms with Gasteiger partial charge in [0.25, 0.3) is 0 Å². The van der Waals surface area contributed by atoms with Crippen LogP contribution in [0.25, 0.3) is 0 Å². The van der Waals surface area contributed by atoms with Gasteiger partial charge in [-0.15, -0.1) is 0 Å². The van der Waals surface area contributed by atoms with Crippen LogP contribution in [0.3, 0.4) is 0 Å². The monoisotopic (exact) mass is 357 g/mol. The van der Waals surface area contributed by atoms with E-state index in [1.165, 1.54) is 45.9 Å². The summed E-state index contributed by atoms with van der Waals surface area (Å²) < 4.78 is 1.52. The van der Waals surface area contributed by atoms with Crippen molar-refractivity contribution in [2.24, 2.45) is 4.99 Å². The van der Waals surface area contributed by atoms with Gasteiger partial charge in [-0.05, 0) is 0 Å². The Morgan fingerprint density at radius 3 is 2.45 bits per heavy atom. The number of nitrogens with zero attached hydrogens (tertiary/aromatic N) is 1. The second-order valence-electron chi connectivity index (χ2n) is 5.76. The molecule has 1 aliphatic carbocycles. The topological polar surface area (TPSA) is 12.4 Å². The zero-order valence-electron chi connectivity index (χ0n) is 13.0. The van der Waals surface area contributed by atoms with Crippen molar-refractivity contribution in [1.29, 1.82) is 0 Å². The van der Waals surface area contributed by atoms with Gasteiger partial charge < -0.3 is 0 Å². The summed E-state index contributed by atoms with van der Waals surface area (Å²) in [5.41, 5.74) is 4.42. The van der Waals surface area contributed by atoms with Gasteiger partial charge in [-0.3, -0.25) is 0 Å². The average Bonchev–Trinajstić information content (AvgIpc) is 2.59. The summed E-state index contributed by atoms with van der Waals surface area (Å²) in [5.74, 6) is 0. The van der Waals surface area contributed by atoms with E-state index >= 15 is 0 Å². The second-order valence-corrected chi connectivity index (χ2v) is 8.21. The molecule has 0 aliphatic heterocycles.